The zero-order valence-corrected chi connectivity index (χ0v) is 36.8. The number of hydrogen-bond donors (Lipinski definition) is 4. The Kier molecular flexibility index (Phi) is 24.8. The summed E-state index contributed by atoms with van der Waals surface area (Å²) >= 11 is 11.8. The Bertz CT molecular complexity index is 1930. The lowest BCUT2D eigenvalue weighted by Crippen LogP contribution is -2.43. The average molecular weight is 961 g/mol. The summed E-state index contributed by atoms with van der Waals surface area (Å²) in [5.41, 5.74) is 7.97. The second kappa shape index (κ2) is 29.2. The summed E-state index contributed by atoms with van der Waals surface area (Å²) < 4.78 is 11.5. The summed E-state index contributed by atoms with van der Waals surface area (Å²) in [5.74, 6) is -1.38. The first kappa shape index (κ1) is 50.1. The molecule has 2 heterocycles. The van der Waals surface area contributed by atoms with Crippen LogP contribution in [0, 0.1) is 0 Å². The number of esters is 2. The Hall–Kier alpha value is -5.03. The van der Waals surface area contributed by atoms with Crippen LogP contribution in [0.15, 0.2) is 107 Å². The Morgan fingerprint density at radius 1 is 0.678 bits per heavy atom. The van der Waals surface area contributed by atoms with Crippen molar-refractivity contribution in [3.63, 3.8) is 0 Å². The number of nitrogens with one attached hydrogen (secondary N) is 3. The highest BCUT2D eigenvalue weighted by Crippen LogP contribution is 2.18. The van der Waals surface area contributed by atoms with E-state index in [2.05, 4.69) is 57.8 Å². The fraction of sp³-hybridized carbons (Fsp3) is 0.333. The lowest BCUT2D eigenvalue weighted by atomic mass is 10.1. The van der Waals surface area contributed by atoms with Crippen LogP contribution < -0.4 is 21.7 Å². The van der Waals surface area contributed by atoms with Crippen LogP contribution in [0.4, 0.5) is 11.4 Å². The maximum absolute atomic E-state index is 12.8. The minimum absolute atomic E-state index is 0.204. The highest BCUT2D eigenvalue weighted by Gasteiger charge is 2.22. The predicted octanol–water partition coefficient (Wildman–Crippen LogP) is 8.00. The molecule has 0 aliphatic carbocycles. The lowest BCUT2D eigenvalue weighted by Gasteiger charge is -2.18. The van der Waals surface area contributed by atoms with E-state index in [0.717, 1.165) is 8.95 Å². The fourth-order valence-electron chi connectivity index (χ4n) is 4.93. The lowest BCUT2D eigenvalue weighted by molar-refractivity contribution is -0.144. The smallest absolute Gasteiger partial charge is 0.305 e. The number of hydrogen-bond acceptors (Lipinski definition) is 11. The minimum atomic E-state index is -0.746. The van der Waals surface area contributed by atoms with Gasteiger partial charge in [-0.15, -0.1) is 0 Å². The van der Waals surface area contributed by atoms with Gasteiger partial charge in [0.1, 0.15) is 6.04 Å². The van der Waals surface area contributed by atoms with Crippen molar-refractivity contribution < 1.29 is 38.2 Å². The average Bonchev–Trinajstić information content (AvgIpc) is 3.22. The standard InChI is InChI=1S/C21H24BrN3O4.C15H21BrN2O3.C6H4ClNO/c1-2-29-19(26)11-4-3-10-18(25-20(27)15-7-6-12-23-14-15)21(28)24-17-9-5-8-16(22)13-17;1-2-21-14(19)9-4-3-8-13(17)15(20)18-12-7-5-6-11(16)10-12;7-6(9)5-2-1-3-8-4-5/h5-9,12-14,18H,2-4,10-11H2,1H3,(H,24,28)(H,25,27);5-7,10,13H,2-4,8-9,17H2,1H3,(H,18,20);1-4H. The number of nitrogens with zero attached hydrogens (tertiary/aromatic N) is 2. The van der Waals surface area contributed by atoms with Crippen molar-refractivity contribution in [1.29, 1.82) is 0 Å². The van der Waals surface area contributed by atoms with Gasteiger partial charge in [-0.05, 0) is 112 Å². The van der Waals surface area contributed by atoms with Crippen LogP contribution in [0.3, 0.4) is 0 Å². The number of amides is 3. The van der Waals surface area contributed by atoms with E-state index in [9.17, 15) is 28.8 Å². The van der Waals surface area contributed by atoms with E-state index in [0.29, 0.717) is 80.7 Å². The molecule has 4 aromatic rings. The third-order valence-corrected chi connectivity index (χ3v) is 9.04. The Morgan fingerprint density at radius 2 is 1.17 bits per heavy atom. The fourth-order valence-corrected chi connectivity index (χ4v) is 5.84. The molecule has 0 saturated heterocycles. The molecule has 0 spiro atoms. The van der Waals surface area contributed by atoms with Gasteiger partial charge in [-0.2, -0.15) is 0 Å². The van der Waals surface area contributed by atoms with Crippen LogP contribution in [0.25, 0.3) is 0 Å². The topological polar surface area (TPSA) is 209 Å². The number of carbonyl (C=O) groups excluding carboxylic acids is 6. The van der Waals surface area contributed by atoms with Gasteiger partial charge < -0.3 is 31.2 Å². The molecule has 14 nitrogen and oxygen atoms in total. The Labute approximate surface area is 366 Å². The molecular weight excluding hydrogens is 912 g/mol. The molecule has 2 unspecified atom stereocenters. The van der Waals surface area contributed by atoms with Crippen LogP contribution in [0.5, 0.6) is 0 Å². The Balaban J connectivity index is 0.000000347. The Morgan fingerprint density at radius 3 is 1.61 bits per heavy atom. The largest absolute Gasteiger partial charge is 0.466 e. The number of unbranched alkanes of at least 4 members (excludes halogenated alkanes) is 2. The first-order valence-corrected chi connectivity index (χ1v) is 20.8. The molecule has 5 N–H and O–H groups in total. The van der Waals surface area contributed by atoms with Crippen LogP contribution in [-0.4, -0.2) is 70.2 Å². The van der Waals surface area contributed by atoms with Crippen LogP contribution in [0.1, 0.15) is 85.9 Å². The van der Waals surface area contributed by atoms with Gasteiger partial charge >= 0.3 is 11.9 Å². The van der Waals surface area contributed by atoms with Crippen molar-refractivity contribution in [2.24, 2.45) is 5.73 Å². The van der Waals surface area contributed by atoms with Crippen molar-refractivity contribution in [2.45, 2.75) is 77.3 Å². The summed E-state index contributed by atoms with van der Waals surface area (Å²) in [7, 11) is 0. The number of pyridine rings is 2. The summed E-state index contributed by atoms with van der Waals surface area (Å²) in [4.78, 5) is 77.8. The molecule has 0 saturated carbocycles. The van der Waals surface area contributed by atoms with E-state index in [1.54, 1.807) is 68.7 Å². The number of aromatic nitrogens is 2. The van der Waals surface area contributed by atoms with Gasteiger partial charge in [0, 0.05) is 57.9 Å². The van der Waals surface area contributed by atoms with E-state index < -0.39 is 17.3 Å². The predicted molar refractivity (Wildman–Crippen MR) is 234 cm³/mol. The van der Waals surface area contributed by atoms with Gasteiger partial charge in [0.2, 0.25) is 11.8 Å². The van der Waals surface area contributed by atoms with Crippen molar-refractivity contribution in [2.75, 3.05) is 23.8 Å². The summed E-state index contributed by atoms with van der Waals surface area (Å²) in [6, 6.07) is 19.8. The second-order valence-electron chi connectivity index (χ2n) is 12.5. The van der Waals surface area contributed by atoms with Crippen molar-refractivity contribution >= 4 is 89.7 Å². The van der Waals surface area contributed by atoms with E-state index in [1.165, 1.54) is 12.4 Å². The highest BCUT2D eigenvalue weighted by atomic mass is 79.9. The van der Waals surface area contributed by atoms with Crippen LogP contribution >= 0.6 is 43.5 Å². The number of rotatable bonds is 19. The van der Waals surface area contributed by atoms with Crippen molar-refractivity contribution in [3.8, 4) is 0 Å². The molecule has 0 aliphatic rings. The van der Waals surface area contributed by atoms with Gasteiger partial charge in [-0.3, -0.25) is 38.7 Å². The van der Waals surface area contributed by atoms with Crippen molar-refractivity contribution in [1.82, 2.24) is 15.3 Å². The number of halogens is 3. The molecule has 316 valence electrons. The number of nitrogens with two attached hydrogens (primary N) is 1. The zero-order chi connectivity index (χ0) is 43.4. The first-order chi connectivity index (χ1) is 28.3. The molecule has 0 fully saturated rings. The minimum Gasteiger partial charge on any atom is -0.466 e. The molecule has 59 heavy (non-hydrogen) atoms. The maximum atomic E-state index is 12.8. The molecule has 0 aliphatic heterocycles. The monoisotopic (exact) mass is 958 g/mol. The van der Waals surface area contributed by atoms with Gasteiger partial charge in [-0.25, -0.2) is 0 Å². The molecule has 17 heteroatoms. The number of anilines is 2. The summed E-state index contributed by atoms with van der Waals surface area (Å²) in [6.07, 6.45) is 10.2. The number of carbonyl (C=O) groups is 6. The second-order valence-corrected chi connectivity index (χ2v) is 14.7. The van der Waals surface area contributed by atoms with Gasteiger partial charge in [0.05, 0.1) is 30.4 Å². The molecule has 0 radical (unpaired) electrons. The number of ether oxygens (including phenoxy) is 2. The highest BCUT2D eigenvalue weighted by molar-refractivity contribution is 9.10. The molecule has 2 atom stereocenters. The third-order valence-electron chi connectivity index (χ3n) is 7.84. The molecule has 2 aromatic heterocycles. The van der Waals surface area contributed by atoms with E-state index in [-0.39, 0.29) is 36.1 Å². The van der Waals surface area contributed by atoms with Gasteiger partial charge in [0.15, 0.2) is 0 Å². The van der Waals surface area contributed by atoms with Crippen molar-refractivity contribution in [3.05, 3.63) is 118 Å². The molecule has 0 bridgehead atoms. The zero-order valence-electron chi connectivity index (χ0n) is 32.8. The van der Waals surface area contributed by atoms with Crippen LogP contribution in [0.2, 0.25) is 0 Å². The van der Waals surface area contributed by atoms with Crippen LogP contribution in [-0.2, 0) is 28.7 Å². The van der Waals surface area contributed by atoms with E-state index in [4.69, 9.17) is 26.8 Å². The van der Waals surface area contributed by atoms with E-state index in [1.807, 2.05) is 30.3 Å². The molecule has 2 aromatic carbocycles. The quantitative estimate of drug-likeness (QED) is 0.0402. The summed E-state index contributed by atoms with van der Waals surface area (Å²) in [5, 5.41) is 7.88. The first-order valence-electron chi connectivity index (χ1n) is 18.8. The van der Waals surface area contributed by atoms with Gasteiger partial charge in [-0.1, -0.05) is 56.8 Å². The molecule has 3 amide bonds. The number of benzene rings is 2. The normalized spacial score (nSPS) is 11.2. The SMILES string of the molecule is CCOC(=O)CCCCC(N)C(=O)Nc1cccc(Br)c1.CCOC(=O)CCCCC(NC(=O)c1cccnc1)C(=O)Nc1cccc(Br)c1.O=C(Cl)c1cccnc1. The summed E-state index contributed by atoms with van der Waals surface area (Å²) in [6.45, 7) is 4.28. The molecular formula is C42H49Br2ClN6O8. The third kappa shape index (κ3) is 22.1. The molecule has 4 rings (SSSR count). The van der Waals surface area contributed by atoms with E-state index >= 15 is 0 Å². The van der Waals surface area contributed by atoms with Gasteiger partial charge in [0.25, 0.3) is 11.1 Å². The maximum Gasteiger partial charge on any atom is 0.305 e.